The van der Waals surface area contributed by atoms with E-state index in [4.69, 9.17) is 11.6 Å². The number of amides is 1. The summed E-state index contributed by atoms with van der Waals surface area (Å²) in [6, 6.07) is 5.61. The van der Waals surface area contributed by atoms with Gasteiger partial charge < -0.3 is 5.32 Å². The fourth-order valence-corrected chi connectivity index (χ4v) is 1.78. The molecular formula is C13H17BrClNO. The summed E-state index contributed by atoms with van der Waals surface area (Å²) in [6.45, 7) is 6.54. The summed E-state index contributed by atoms with van der Waals surface area (Å²) in [5.74, 6) is 0.465. The zero-order valence-corrected chi connectivity index (χ0v) is 12.7. The third-order valence-corrected chi connectivity index (χ3v) is 4.18. The molecule has 0 bridgehead atoms. The molecule has 0 aliphatic rings. The van der Waals surface area contributed by atoms with Crippen molar-refractivity contribution in [3.05, 3.63) is 33.8 Å². The lowest BCUT2D eigenvalue weighted by atomic mass is 9.96. The van der Waals surface area contributed by atoms with Crippen LogP contribution in [-0.4, -0.2) is 18.3 Å². The molecule has 2 nitrogen and oxygen atoms in total. The maximum Gasteiger partial charge on any atom is 0.251 e. The number of halogens is 2. The molecule has 1 aromatic carbocycles. The van der Waals surface area contributed by atoms with E-state index < -0.39 is 0 Å². The molecule has 17 heavy (non-hydrogen) atoms. The standard InChI is InChI=1S/C13H17BrClNO/c1-9-10(5-4-6-11(9)14)12(17)16-8-13(2,3)7-15/h4-6H,7-8H2,1-3H3,(H,16,17). The van der Waals surface area contributed by atoms with Crippen LogP contribution in [0.1, 0.15) is 29.8 Å². The summed E-state index contributed by atoms with van der Waals surface area (Å²) in [5.41, 5.74) is 1.57. The van der Waals surface area contributed by atoms with Crippen LogP contribution >= 0.6 is 27.5 Å². The highest BCUT2D eigenvalue weighted by Crippen LogP contribution is 2.20. The van der Waals surface area contributed by atoms with Gasteiger partial charge in [-0.15, -0.1) is 11.6 Å². The molecule has 0 aliphatic carbocycles. The van der Waals surface area contributed by atoms with Crippen LogP contribution in [0.4, 0.5) is 0 Å². The first kappa shape index (κ1) is 14.5. The lowest BCUT2D eigenvalue weighted by molar-refractivity contribution is 0.0939. The Balaban J connectivity index is 2.74. The van der Waals surface area contributed by atoms with Gasteiger partial charge in [0.05, 0.1) is 0 Å². The molecule has 0 fully saturated rings. The average Bonchev–Trinajstić information content (AvgIpc) is 2.30. The molecule has 1 N–H and O–H groups in total. The number of carbonyl (C=O) groups is 1. The smallest absolute Gasteiger partial charge is 0.251 e. The summed E-state index contributed by atoms with van der Waals surface area (Å²) in [7, 11) is 0. The maximum atomic E-state index is 12.0. The second kappa shape index (κ2) is 5.87. The Morgan fingerprint density at radius 3 is 2.71 bits per heavy atom. The van der Waals surface area contributed by atoms with E-state index in [1.807, 2.05) is 39.0 Å². The Morgan fingerprint density at radius 2 is 2.12 bits per heavy atom. The van der Waals surface area contributed by atoms with Crippen molar-refractivity contribution >= 4 is 33.4 Å². The number of alkyl halides is 1. The Bertz CT molecular complexity index is 418. The molecule has 0 saturated carbocycles. The molecular weight excluding hydrogens is 302 g/mol. The minimum absolute atomic E-state index is 0.0537. The quantitative estimate of drug-likeness (QED) is 0.842. The molecule has 0 heterocycles. The predicted molar refractivity (Wildman–Crippen MR) is 75.7 cm³/mol. The normalized spacial score (nSPS) is 11.4. The summed E-state index contributed by atoms with van der Waals surface area (Å²) in [6.07, 6.45) is 0. The van der Waals surface area contributed by atoms with Gasteiger partial charge in [0.25, 0.3) is 5.91 Å². The van der Waals surface area contributed by atoms with Crippen LogP contribution < -0.4 is 5.32 Å². The van der Waals surface area contributed by atoms with Crippen molar-refractivity contribution in [1.29, 1.82) is 0 Å². The lowest BCUT2D eigenvalue weighted by Crippen LogP contribution is -2.35. The third-order valence-electron chi connectivity index (χ3n) is 2.60. The van der Waals surface area contributed by atoms with Crippen LogP contribution in [0.5, 0.6) is 0 Å². The second-order valence-corrected chi connectivity index (χ2v) is 6.01. The molecule has 94 valence electrons. The first-order valence-electron chi connectivity index (χ1n) is 5.47. The highest BCUT2D eigenvalue weighted by molar-refractivity contribution is 9.10. The van der Waals surface area contributed by atoms with E-state index in [-0.39, 0.29) is 11.3 Å². The molecule has 1 amide bonds. The number of hydrogen-bond acceptors (Lipinski definition) is 1. The molecule has 4 heteroatoms. The third kappa shape index (κ3) is 4.00. The molecule has 0 saturated heterocycles. The Labute approximate surface area is 116 Å². The zero-order chi connectivity index (χ0) is 13.1. The van der Waals surface area contributed by atoms with Crippen LogP contribution in [0.3, 0.4) is 0 Å². The molecule has 0 spiro atoms. The number of rotatable bonds is 4. The van der Waals surface area contributed by atoms with Gasteiger partial charge >= 0.3 is 0 Å². The maximum absolute atomic E-state index is 12.0. The van der Waals surface area contributed by atoms with Crippen LogP contribution in [0.2, 0.25) is 0 Å². The number of carbonyl (C=O) groups excluding carboxylic acids is 1. The van der Waals surface area contributed by atoms with Crippen molar-refractivity contribution < 1.29 is 4.79 Å². The zero-order valence-electron chi connectivity index (χ0n) is 10.3. The average molecular weight is 319 g/mol. The van der Waals surface area contributed by atoms with Gasteiger partial charge in [-0.1, -0.05) is 35.8 Å². The summed E-state index contributed by atoms with van der Waals surface area (Å²) < 4.78 is 0.946. The monoisotopic (exact) mass is 317 g/mol. The van der Waals surface area contributed by atoms with Gasteiger partial charge in [0, 0.05) is 22.5 Å². The van der Waals surface area contributed by atoms with Gasteiger partial charge in [0.2, 0.25) is 0 Å². The molecule has 1 rings (SSSR count). The molecule has 0 aromatic heterocycles. The number of benzene rings is 1. The van der Waals surface area contributed by atoms with E-state index in [0.29, 0.717) is 18.0 Å². The number of hydrogen-bond donors (Lipinski definition) is 1. The second-order valence-electron chi connectivity index (χ2n) is 4.89. The number of nitrogens with one attached hydrogen (secondary N) is 1. The van der Waals surface area contributed by atoms with Crippen molar-refractivity contribution in [3.63, 3.8) is 0 Å². The van der Waals surface area contributed by atoms with Crippen LogP contribution in [-0.2, 0) is 0 Å². The van der Waals surface area contributed by atoms with Crippen LogP contribution in [0, 0.1) is 12.3 Å². The molecule has 0 unspecified atom stereocenters. The van der Waals surface area contributed by atoms with Crippen LogP contribution in [0.25, 0.3) is 0 Å². The topological polar surface area (TPSA) is 29.1 Å². The highest BCUT2D eigenvalue weighted by Gasteiger charge is 2.18. The first-order chi connectivity index (χ1) is 7.87. The predicted octanol–water partition coefficient (Wildman–Crippen LogP) is 3.75. The minimum Gasteiger partial charge on any atom is -0.351 e. The molecule has 0 aliphatic heterocycles. The first-order valence-corrected chi connectivity index (χ1v) is 6.79. The van der Waals surface area contributed by atoms with Gasteiger partial charge in [-0.2, -0.15) is 0 Å². The van der Waals surface area contributed by atoms with E-state index in [0.717, 1.165) is 10.0 Å². The minimum atomic E-state index is -0.0862. The Hall–Kier alpha value is -0.540. The van der Waals surface area contributed by atoms with Gasteiger partial charge in [0.15, 0.2) is 0 Å². The van der Waals surface area contributed by atoms with E-state index in [1.165, 1.54) is 0 Å². The van der Waals surface area contributed by atoms with Gasteiger partial charge in [-0.25, -0.2) is 0 Å². The molecule has 1 aromatic rings. The largest absolute Gasteiger partial charge is 0.351 e. The molecule has 0 radical (unpaired) electrons. The van der Waals surface area contributed by atoms with Crippen LogP contribution in [0.15, 0.2) is 22.7 Å². The fraction of sp³-hybridized carbons (Fsp3) is 0.462. The Morgan fingerprint density at radius 1 is 1.47 bits per heavy atom. The Kier molecular flexibility index (Phi) is 5.02. The van der Waals surface area contributed by atoms with Crippen molar-refractivity contribution in [1.82, 2.24) is 5.32 Å². The van der Waals surface area contributed by atoms with Crippen molar-refractivity contribution in [2.24, 2.45) is 5.41 Å². The molecule has 0 atom stereocenters. The lowest BCUT2D eigenvalue weighted by Gasteiger charge is -2.22. The van der Waals surface area contributed by atoms with Gasteiger partial charge in [0.1, 0.15) is 0 Å². The van der Waals surface area contributed by atoms with E-state index >= 15 is 0 Å². The SMILES string of the molecule is Cc1c(Br)cccc1C(=O)NCC(C)(C)CCl. The fourth-order valence-electron chi connectivity index (χ4n) is 1.32. The van der Waals surface area contributed by atoms with Crippen molar-refractivity contribution in [2.45, 2.75) is 20.8 Å². The van der Waals surface area contributed by atoms with Gasteiger partial charge in [-0.05, 0) is 30.0 Å². The summed E-state index contributed by atoms with van der Waals surface area (Å²) in [4.78, 5) is 12.0. The highest BCUT2D eigenvalue weighted by atomic mass is 79.9. The van der Waals surface area contributed by atoms with E-state index in [9.17, 15) is 4.79 Å². The van der Waals surface area contributed by atoms with Crippen molar-refractivity contribution in [2.75, 3.05) is 12.4 Å². The van der Waals surface area contributed by atoms with Gasteiger partial charge in [-0.3, -0.25) is 4.79 Å². The van der Waals surface area contributed by atoms with E-state index in [2.05, 4.69) is 21.2 Å². The summed E-state index contributed by atoms with van der Waals surface area (Å²) >= 11 is 9.24. The van der Waals surface area contributed by atoms with Crippen molar-refractivity contribution in [3.8, 4) is 0 Å². The summed E-state index contributed by atoms with van der Waals surface area (Å²) in [5, 5.41) is 2.91. The van der Waals surface area contributed by atoms with E-state index in [1.54, 1.807) is 0 Å².